The Kier molecular flexibility index (Phi) is 2.06. The number of carbonyl (C=O) groups is 1. The monoisotopic (exact) mass is 141 g/mol. The lowest BCUT2D eigenvalue weighted by Gasteiger charge is -2.08. The van der Waals surface area contributed by atoms with Crippen LogP contribution in [0.3, 0.4) is 0 Å². The van der Waals surface area contributed by atoms with Gasteiger partial charge in [0.1, 0.15) is 0 Å². The third-order valence-electron chi connectivity index (χ3n) is 1.45. The molecule has 0 heterocycles. The minimum Gasteiger partial charge on any atom is -0.389 e. The molecule has 2 atom stereocenters. The van der Waals surface area contributed by atoms with Crippen LogP contribution in [-0.2, 0) is 4.79 Å². The van der Waals surface area contributed by atoms with Crippen molar-refractivity contribution in [2.75, 3.05) is 0 Å². The first-order valence-corrected chi connectivity index (χ1v) is 3.32. The zero-order chi connectivity index (χ0) is 7.56. The van der Waals surface area contributed by atoms with Crippen LogP contribution in [0.15, 0.2) is 12.2 Å². The van der Waals surface area contributed by atoms with Gasteiger partial charge in [0, 0.05) is 19.4 Å². The van der Waals surface area contributed by atoms with Crippen molar-refractivity contribution in [2.45, 2.75) is 25.5 Å². The van der Waals surface area contributed by atoms with Gasteiger partial charge >= 0.3 is 0 Å². The van der Waals surface area contributed by atoms with E-state index >= 15 is 0 Å². The Balaban J connectivity index is 2.33. The molecule has 3 heteroatoms. The molecule has 0 bridgehead atoms. The van der Waals surface area contributed by atoms with Gasteiger partial charge in [-0.05, 0) is 0 Å². The molecule has 0 saturated heterocycles. The fourth-order valence-electron chi connectivity index (χ4n) is 1.05. The third-order valence-corrected chi connectivity index (χ3v) is 1.45. The first-order chi connectivity index (χ1) is 4.68. The molecule has 0 fully saturated rings. The van der Waals surface area contributed by atoms with Crippen molar-refractivity contribution in [2.24, 2.45) is 0 Å². The molecule has 0 aliphatic heterocycles. The van der Waals surface area contributed by atoms with E-state index in [0.29, 0.717) is 6.42 Å². The molecular formula is C7H11NO2. The Morgan fingerprint density at radius 1 is 1.70 bits per heavy atom. The average Bonchev–Trinajstić information content (AvgIpc) is 2.13. The van der Waals surface area contributed by atoms with Gasteiger partial charge in [0.05, 0.1) is 6.10 Å². The Morgan fingerprint density at radius 2 is 2.40 bits per heavy atom. The van der Waals surface area contributed by atoms with Crippen molar-refractivity contribution in [3.8, 4) is 0 Å². The Bertz CT molecular complexity index is 165. The lowest BCUT2D eigenvalue weighted by atomic mass is 10.2. The second-order valence-corrected chi connectivity index (χ2v) is 2.49. The van der Waals surface area contributed by atoms with Gasteiger partial charge in [-0.2, -0.15) is 0 Å². The van der Waals surface area contributed by atoms with Crippen LogP contribution in [0.1, 0.15) is 13.3 Å². The predicted octanol–water partition coefficient (Wildman–Crippen LogP) is -0.188. The third kappa shape index (κ3) is 1.84. The normalized spacial score (nSPS) is 30.6. The molecule has 0 unspecified atom stereocenters. The van der Waals surface area contributed by atoms with Gasteiger partial charge in [-0.3, -0.25) is 4.79 Å². The molecule has 0 aromatic rings. The lowest BCUT2D eigenvalue weighted by Crippen LogP contribution is -2.30. The van der Waals surface area contributed by atoms with Crippen LogP contribution in [0.5, 0.6) is 0 Å². The molecule has 3 nitrogen and oxygen atoms in total. The standard InChI is InChI=1S/C7H11NO2/c1-5(9)8-6-2-3-7(10)4-6/h2-3,6-7,10H,4H2,1H3,(H,8,9)/t6-,7+/m1/s1. The summed E-state index contributed by atoms with van der Waals surface area (Å²) in [7, 11) is 0. The van der Waals surface area contributed by atoms with Crippen molar-refractivity contribution in [3.63, 3.8) is 0 Å². The van der Waals surface area contributed by atoms with Crippen LogP contribution >= 0.6 is 0 Å². The van der Waals surface area contributed by atoms with Crippen LogP contribution in [0, 0.1) is 0 Å². The Morgan fingerprint density at radius 3 is 2.80 bits per heavy atom. The van der Waals surface area contributed by atoms with E-state index in [0.717, 1.165) is 0 Å². The quantitative estimate of drug-likeness (QED) is 0.497. The van der Waals surface area contributed by atoms with E-state index in [1.54, 1.807) is 6.08 Å². The average molecular weight is 141 g/mol. The van der Waals surface area contributed by atoms with Crippen LogP contribution in [-0.4, -0.2) is 23.2 Å². The summed E-state index contributed by atoms with van der Waals surface area (Å²) in [5.74, 6) is -0.0521. The molecule has 1 rings (SSSR count). The maximum Gasteiger partial charge on any atom is 0.217 e. The molecule has 10 heavy (non-hydrogen) atoms. The predicted molar refractivity (Wildman–Crippen MR) is 37.4 cm³/mol. The smallest absolute Gasteiger partial charge is 0.217 e. The highest BCUT2D eigenvalue weighted by Gasteiger charge is 2.16. The van der Waals surface area contributed by atoms with Crippen molar-refractivity contribution < 1.29 is 9.90 Å². The summed E-state index contributed by atoms with van der Waals surface area (Å²) in [6.45, 7) is 1.47. The minimum absolute atomic E-state index is 0.0347. The highest BCUT2D eigenvalue weighted by molar-refractivity contribution is 5.73. The molecule has 1 aliphatic carbocycles. The number of aliphatic hydroxyl groups is 1. The van der Waals surface area contributed by atoms with E-state index in [1.807, 2.05) is 6.08 Å². The van der Waals surface area contributed by atoms with E-state index in [-0.39, 0.29) is 18.1 Å². The summed E-state index contributed by atoms with van der Waals surface area (Å²) in [5.41, 5.74) is 0. The molecule has 56 valence electrons. The van der Waals surface area contributed by atoms with E-state index in [9.17, 15) is 4.79 Å². The van der Waals surface area contributed by atoms with E-state index in [2.05, 4.69) is 5.32 Å². The van der Waals surface area contributed by atoms with E-state index < -0.39 is 0 Å². The number of hydrogen-bond acceptors (Lipinski definition) is 2. The molecular weight excluding hydrogens is 130 g/mol. The fraction of sp³-hybridized carbons (Fsp3) is 0.571. The van der Waals surface area contributed by atoms with Gasteiger partial charge in [0.2, 0.25) is 5.91 Å². The maximum atomic E-state index is 10.5. The van der Waals surface area contributed by atoms with Crippen molar-refractivity contribution >= 4 is 5.91 Å². The van der Waals surface area contributed by atoms with Crippen molar-refractivity contribution in [1.29, 1.82) is 0 Å². The summed E-state index contributed by atoms with van der Waals surface area (Å²) < 4.78 is 0. The molecule has 2 N–H and O–H groups in total. The molecule has 1 amide bonds. The van der Waals surface area contributed by atoms with Crippen LogP contribution in [0.4, 0.5) is 0 Å². The Hall–Kier alpha value is -0.830. The zero-order valence-electron chi connectivity index (χ0n) is 5.87. The summed E-state index contributed by atoms with van der Waals surface area (Å²) in [4.78, 5) is 10.5. The van der Waals surface area contributed by atoms with Crippen LogP contribution in [0.2, 0.25) is 0 Å². The fourth-order valence-corrected chi connectivity index (χ4v) is 1.05. The van der Waals surface area contributed by atoms with Crippen molar-refractivity contribution in [3.05, 3.63) is 12.2 Å². The molecule has 0 spiro atoms. The molecule has 1 aliphatic rings. The molecule has 0 radical (unpaired) electrons. The van der Waals surface area contributed by atoms with E-state index in [4.69, 9.17) is 5.11 Å². The SMILES string of the molecule is CC(=O)N[C@@H]1C=C[C@H](O)C1. The molecule has 0 aromatic heterocycles. The summed E-state index contributed by atoms with van der Waals surface area (Å²) >= 11 is 0. The van der Waals surface area contributed by atoms with Gasteiger partial charge in [-0.25, -0.2) is 0 Å². The number of hydrogen-bond donors (Lipinski definition) is 2. The van der Waals surface area contributed by atoms with Crippen LogP contribution < -0.4 is 5.32 Å². The second-order valence-electron chi connectivity index (χ2n) is 2.49. The van der Waals surface area contributed by atoms with Gasteiger partial charge in [-0.1, -0.05) is 12.2 Å². The topological polar surface area (TPSA) is 49.3 Å². The first-order valence-electron chi connectivity index (χ1n) is 3.32. The number of rotatable bonds is 1. The largest absolute Gasteiger partial charge is 0.389 e. The van der Waals surface area contributed by atoms with Gasteiger partial charge in [0.15, 0.2) is 0 Å². The summed E-state index contributed by atoms with van der Waals surface area (Å²) in [6.07, 6.45) is 3.74. The first kappa shape index (κ1) is 7.28. The number of nitrogens with one attached hydrogen (secondary N) is 1. The lowest BCUT2D eigenvalue weighted by molar-refractivity contribution is -0.119. The second kappa shape index (κ2) is 2.84. The molecule has 0 aromatic carbocycles. The number of carbonyl (C=O) groups excluding carboxylic acids is 1. The van der Waals surface area contributed by atoms with Crippen molar-refractivity contribution in [1.82, 2.24) is 5.32 Å². The van der Waals surface area contributed by atoms with Gasteiger partial charge < -0.3 is 10.4 Å². The Labute approximate surface area is 59.7 Å². The number of aliphatic hydroxyl groups excluding tert-OH is 1. The zero-order valence-corrected chi connectivity index (χ0v) is 5.87. The number of amides is 1. The van der Waals surface area contributed by atoms with Gasteiger partial charge in [0.25, 0.3) is 0 Å². The maximum absolute atomic E-state index is 10.5. The summed E-state index contributed by atoms with van der Waals surface area (Å²) in [6, 6.07) is 0.0347. The minimum atomic E-state index is -0.378. The highest BCUT2D eigenvalue weighted by Crippen LogP contribution is 2.09. The molecule has 0 saturated carbocycles. The summed E-state index contributed by atoms with van der Waals surface area (Å²) in [5, 5.41) is 11.7. The highest BCUT2D eigenvalue weighted by atomic mass is 16.3. The van der Waals surface area contributed by atoms with Crippen LogP contribution in [0.25, 0.3) is 0 Å². The van der Waals surface area contributed by atoms with Gasteiger partial charge in [-0.15, -0.1) is 0 Å². The van der Waals surface area contributed by atoms with E-state index in [1.165, 1.54) is 6.92 Å².